The van der Waals surface area contributed by atoms with Gasteiger partial charge in [-0.15, -0.1) is 0 Å². The minimum absolute atomic E-state index is 0.0550. The number of carbonyl (C=O) groups excluding carboxylic acids is 1. The lowest BCUT2D eigenvalue weighted by Gasteiger charge is -2.20. The monoisotopic (exact) mass is 330 g/mol. The van der Waals surface area contributed by atoms with Crippen LogP contribution in [0.25, 0.3) is 0 Å². The molecule has 0 aliphatic heterocycles. The van der Waals surface area contributed by atoms with Crippen LogP contribution in [0.2, 0.25) is 0 Å². The Morgan fingerprint density at radius 2 is 1.83 bits per heavy atom. The van der Waals surface area contributed by atoms with Gasteiger partial charge in [-0.1, -0.05) is 37.8 Å². The van der Waals surface area contributed by atoms with Crippen molar-refractivity contribution in [1.29, 1.82) is 0 Å². The molecule has 1 aromatic rings. The summed E-state index contributed by atoms with van der Waals surface area (Å²) in [4.78, 5) is 12.0. The van der Waals surface area contributed by atoms with E-state index in [1.165, 1.54) is 49.7 Å². The standard InChI is InChI=1S/C20H30N2O2/c23-20(22-17-10-3-1-2-4-11-17)21-14-15-24-19-13-7-9-16-8-5-6-12-18(16)19/h7,9,13,17H,1-6,8,10-12,14-15H2,(H2,21,22,23). The van der Waals surface area contributed by atoms with E-state index in [0.717, 1.165) is 31.4 Å². The maximum Gasteiger partial charge on any atom is 0.315 e. The molecule has 0 heterocycles. The molecule has 0 unspecified atom stereocenters. The highest BCUT2D eigenvalue weighted by Crippen LogP contribution is 2.29. The number of fused-ring (bicyclic) bond motifs is 1. The number of hydrogen-bond acceptors (Lipinski definition) is 2. The zero-order chi connectivity index (χ0) is 16.6. The lowest BCUT2D eigenvalue weighted by Crippen LogP contribution is -2.43. The summed E-state index contributed by atoms with van der Waals surface area (Å²) >= 11 is 0. The number of urea groups is 1. The van der Waals surface area contributed by atoms with Gasteiger partial charge in [0.15, 0.2) is 0 Å². The Morgan fingerprint density at radius 1 is 1.04 bits per heavy atom. The molecule has 2 N–H and O–H groups in total. The maximum atomic E-state index is 12.0. The second-order valence-corrected chi connectivity index (χ2v) is 7.04. The minimum atomic E-state index is -0.0550. The van der Waals surface area contributed by atoms with Crippen molar-refractivity contribution < 1.29 is 9.53 Å². The highest BCUT2D eigenvalue weighted by Gasteiger charge is 2.15. The summed E-state index contributed by atoms with van der Waals surface area (Å²) in [6, 6.07) is 6.62. The molecule has 2 aliphatic carbocycles. The van der Waals surface area contributed by atoms with Crippen LogP contribution in [0.3, 0.4) is 0 Å². The van der Waals surface area contributed by atoms with Crippen molar-refractivity contribution in [3.8, 4) is 5.75 Å². The van der Waals surface area contributed by atoms with Crippen LogP contribution in [0, 0.1) is 0 Å². The van der Waals surface area contributed by atoms with Gasteiger partial charge in [-0.25, -0.2) is 4.79 Å². The summed E-state index contributed by atoms with van der Waals surface area (Å²) < 4.78 is 5.92. The number of benzene rings is 1. The van der Waals surface area contributed by atoms with Crippen molar-refractivity contribution in [1.82, 2.24) is 10.6 Å². The summed E-state index contributed by atoms with van der Waals surface area (Å²) in [7, 11) is 0. The van der Waals surface area contributed by atoms with E-state index in [9.17, 15) is 4.79 Å². The Labute approximate surface area is 145 Å². The van der Waals surface area contributed by atoms with Crippen LogP contribution in [-0.4, -0.2) is 25.2 Å². The lowest BCUT2D eigenvalue weighted by molar-refractivity contribution is 0.231. The Bertz CT molecular complexity index is 536. The molecule has 1 saturated carbocycles. The number of hydrogen-bond donors (Lipinski definition) is 2. The Balaban J connectivity index is 1.38. The third-order valence-electron chi connectivity index (χ3n) is 5.19. The SMILES string of the molecule is O=C(NCCOc1cccc2c1CCCC2)NC1CCCCCC1. The van der Waals surface area contributed by atoms with Crippen molar-refractivity contribution >= 4 is 6.03 Å². The molecule has 0 bridgehead atoms. The van der Waals surface area contributed by atoms with E-state index in [2.05, 4.69) is 28.8 Å². The van der Waals surface area contributed by atoms with E-state index < -0.39 is 0 Å². The highest BCUT2D eigenvalue weighted by atomic mass is 16.5. The first-order valence-corrected chi connectivity index (χ1v) is 9.61. The van der Waals surface area contributed by atoms with Gasteiger partial charge in [0.05, 0.1) is 6.54 Å². The fourth-order valence-corrected chi connectivity index (χ4v) is 3.87. The van der Waals surface area contributed by atoms with E-state index in [4.69, 9.17) is 4.74 Å². The van der Waals surface area contributed by atoms with Crippen LogP contribution >= 0.6 is 0 Å². The number of ether oxygens (including phenoxy) is 1. The van der Waals surface area contributed by atoms with Crippen LogP contribution in [0.15, 0.2) is 18.2 Å². The van der Waals surface area contributed by atoms with Gasteiger partial charge in [-0.3, -0.25) is 0 Å². The molecular formula is C20H30N2O2. The van der Waals surface area contributed by atoms with Gasteiger partial charge >= 0.3 is 6.03 Å². The zero-order valence-electron chi connectivity index (χ0n) is 14.6. The normalized spacial score (nSPS) is 18.3. The molecule has 0 atom stereocenters. The number of amides is 2. The first-order valence-electron chi connectivity index (χ1n) is 9.61. The fourth-order valence-electron chi connectivity index (χ4n) is 3.87. The Kier molecular flexibility index (Phi) is 6.39. The van der Waals surface area contributed by atoms with Gasteiger partial charge in [-0.2, -0.15) is 0 Å². The average Bonchev–Trinajstić information content (AvgIpc) is 2.87. The van der Waals surface area contributed by atoms with Crippen molar-refractivity contribution in [3.05, 3.63) is 29.3 Å². The van der Waals surface area contributed by atoms with Crippen LogP contribution < -0.4 is 15.4 Å². The van der Waals surface area contributed by atoms with Crippen LogP contribution in [0.4, 0.5) is 4.79 Å². The first kappa shape index (κ1) is 17.1. The van der Waals surface area contributed by atoms with Crippen molar-refractivity contribution in [2.45, 2.75) is 70.3 Å². The molecule has 4 heteroatoms. The van der Waals surface area contributed by atoms with Crippen molar-refractivity contribution in [2.75, 3.05) is 13.2 Å². The molecule has 24 heavy (non-hydrogen) atoms. The molecule has 2 amide bonds. The van der Waals surface area contributed by atoms with E-state index in [0.29, 0.717) is 19.2 Å². The zero-order valence-corrected chi connectivity index (χ0v) is 14.6. The van der Waals surface area contributed by atoms with Crippen molar-refractivity contribution in [3.63, 3.8) is 0 Å². The topological polar surface area (TPSA) is 50.4 Å². The third-order valence-corrected chi connectivity index (χ3v) is 5.19. The molecule has 1 fully saturated rings. The molecule has 132 valence electrons. The molecule has 0 aromatic heterocycles. The van der Waals surface area contributed by atoms with E-state index in [1.54, 1.807) is 0 Å². The number of rotatable bonds is 5. The molecule has 1 aromatic carbocycles. The fraction of sp³-hybridized carbons (Fsp3) is 0.650. The summed E-state index contributed by atoms with van der Waals surface area (Å²) in [6.45, 7) is 1.07. The van der Waals surface area contributed by atoms with E-state index >= 15 is 0 Å². The molecule has 0 saturated heterocycles. The van der Waals surface area contributed by atoms with Crippen LogP contribution in [-0.2, 0) is 12.8 Å². The number of carbonyl (C=O) groups is 1. The second kappa shape index (κ2) is 8.95. The van der Waals surface area contributed by atoms with Crippen LogP contribution in [0.1, 0.15) is 62.5 Å². The molecular weight excluding hydrogens is 300 g/mol. The highest BCUT2D eigenvalue weighted by molar-refractivity contribution is 5.74. The summed E-state index contributed by atoms with van der Waals surface area (Å²) in [5.41, 5.74) is 2.80. The largest absolute Gasteiger partial charge is 0.491 e. The predicted molar refractivity (Wildman–Crippen MR) is 96.6 cm³/mol. The Morgan fingerprint density at radius 3 is 2.67 bits per heavy atom. The van der Waals surface area contributed by atoms with Gasteiger partial charge in [0.2, 0.25) is 0 Å². The predicted octanol–water partition coefficient (Wildman–Crippen LogP) is 3.97. The first-order chi connectivity index (χ1) is 11.8. The van der Waals surface area contributed by atoms with E-state index in [1.807, 2.05) is 0 Å². The molecule has 2 aliphatic rings. The second-order valence-electron chi connectivity index (χ2n) is 7.04. The summed E-state index contributed by atoms with van der Waals surface area (Å²) in [5.74, 6) is 0.998. The summed E-state index contributed by atoms with van der Waals surface area (Å²) in [5, 5.41) is 6.03. The van der Waals surface area contributed by atoms with Gasteiger partial charge < -0.3 is 15.4 Å². The van der Waals surface area contributed by atoms with Gasteiger partial charge in [0, 0.05) is 6.04 Å². The maximum absolute atomic E-state index is 12.0. The molecule has 0 spiro atoms. The molecule has 0 radical (unpaired) electrons. The molecule has 4 nitrogen and oxygen atoms in total. The summed E-state index contributed by atoms with van der Waals surface area (Å²) in [6.07, 6.45) is 12.1. The van der Waals surface area contributed by atoms with Crippen LogP contribution in [0.5, 0.6) is 5.75 Å². The van der Waals surface area contributed by atoms with Gasteiger partial charge in [0.1, 0.15) is 12.4 Å². The third kappa shape index (κ3) is 4.89. The Hall–Kier alpha value is -1.71. The number of nitrogens with one attached hydrogen (secondary N) is 2. The minimum Gasteiger partial charge on any atom is -0.491 e. The quantitative estimate of drug-likeness (QED) is 0.634. The van der Waals surface area contributed by atoms with E-state index in [-0.39, 0.29) is 6.03 Å². The van der Waals surface area contributed by atoms with Crippen molar-refractivity contribution in [2.24, 2.45) is 0 Å². The van der Waals surface area contributed by atoms with Gasteiger partial charge in [-0.05, 0) is 55.7 Å². The smallest absolute Gasteiger partial charge is 0.315 e. The lowest BCUT2D eigenvalue weighted by atomic mass is 9.91. The molecule has 3 rings (SSSR count). The number of aryl methyl sites for hydroxylation is 1. The average molecular weight is 330 g/mol. The van der Waals surface area contributed by atoms with Gasteiger partial charge in [0.25, 0.3) is 0 Å².